The zero-order valence-corrected chi connectivity index (χ0v) is 19.2. The molecule has 33 heavy (non-hydrogen) atoms. The first-order valence-corrected chi connectivity index (χ1v) is 11.5. The Bertz CT molecular complexity index is 1050. The zero-order chi connectivity index (χ0) is 23.6. The summed E-state index contributed by atoms with van der Waals surface area (Å²) in [5, 5.41) is 2.58. The molecule has 0 saturated heterocycles. The van der Waals surface area contributed by atoms with Crippen molar-refractivity contribution in [1.29, 1.82) is 0 Å². The maximum absolute atomic E-state index is 14.0. The van der Waals surface area contributed by atoms with Gasteiger partial charge < -0.3 is 20.5 Å². The number of fused-ring (bicyclic) bond motifs is 1. The number of primary amides is 1. The third-order valence-corrected chi connectivity index (χ3v) is 7.13. The largest absolute Gasteiger partial charge is 0.490 e. The average molecular weight is 455 g/mol. The van der Waals surface area contributed by atoms with Gasteiger partial charge in [-0.25, -0.2) is 4.39 Å². The maximum Gasteiger partial charge on any atom is 0.224 e. The SMILES string of the molecule is CNC(=O)CC1(C(N)=O)CCC(Oc2ccc3c(c2)CCC(c2cccc(F)c2C)O3)CC1. The summed E-state index contributed by atoms with van der Waals surface area (Å²) in [6.07, 6.45) is 3.88. The lowest BCUT2D eigenvalue weighted by molar-refractivity contribution is -0.137. The molecule has 2 aliphatic rings. The van der Waals surface area contributed by atoms with Gasteiger partial charge in [0, 0.05) is 13.5 Å². The van der Waals surface area contributed by atoms with Gasteiger partial charge in [-0.1, -0.05) is 12.1 Å². The highest BCUT2D eigenvalue weighted by molar-refractivity contribution is 5.88. The Morgan fingerprint density at radius 1 is 1.21 bits per heavy atom. The second-order valence-corrected chi connectivity index (χ2v) is 9.18. The van der Waals surface area contributed by atoms with Crippen molar-refractivity contribution in [1.82, 2.24) is 5.32 Å². The molecule has 0 spiro atoms. The molecule has 0 radical (unpaired) electrons. The molecule has 4 rings (SSSR count). The first kappa shape index (κ1) is 23.1. The molecule has 6 nitrogen and oxygen atoms in total. The number of nitrogens with one attached hydrogen (secondary N) is 1. The normalized spacial score (nSPS) is 24.3. The Morgan fingerprint density at radius 3 is 2.67 bits per heavy atom. The molecular weight excluding hydrogens is 423 g/mol. The van der Waals surface area contributed by atoms with Crippen LogP contribution in [0.5, 0.6) is 11.5 Å². The minimum atomic E-state index is -0.798. The lowest BCUT2D eigenvalue weighted by Gasteiger charge is -2.37. The third-order valence-electron chi connectivity index (χ3n) is 7.13. The van der Waals surface area contributed by atoms with Gasteiger partial charge in [-0.05, 0) is 86.4 Å². The van der Waals surface area contributed by atoms with Gasteiger partial charge in [0.25, 0.3) is 0 Å². The number of carbonyl (C=O) groups excluding carboxylic acids is 2. The Kier molecular flexibility index (Phi) is 6.58. The van der Waals surface area contributed by atoms with E-state index < -0.39 is 11.3 Å². The summed E-state index contributed by atoms with van der Waals surface area (Å²) < 4.78 is 26.4. The number of carbonyl (C=O) groups is 2. The summed E-state index contributed by atoms with van der Waals surface area (Å²) in [7, 11) is 1.56. The average Bonchev–Trinajstić information content (AvgIpc) is 2.81. The van der Waals surface area contributed by atoms with Crippen LogP contribution in [-0.2, 0) is 16.0 Å². The second kappa shape index (κ2) is 9.41. The molecule has 2 amide bonds. The molecule has 2 aromatic rings. The van der Waals surface area contributed by atoms with Crippen molar-refractivity contribution in [2.24, 2.45) is 11.1 Å². The number of rotatable bonds is 6. The van der Waals surface area contributed by atoms with Crippen LogP contribution in [0.3, 0.4) is 0 Å². The molecule has 1 heterocycles. The van der Waals surface area contributed by atoms with Crippen molar-refractivity contribution in [3.63, 3.8) is 0 Å². The fraction of sp³-hybridized carbons (Fsp3) is 0.462. The van der Waals surface area contributed by atoms with Crippen LogP contribution in [0.4, 0.5) is 4.39 Å². The van der Waals surface area contributed by atoms with Crippen molar-refractivity contribution in [3.8, 4) is 11.5 Å². The second-order valence-electron chi connectivity index (χ2n) is 9.18. The number of ether oxygens (including phenoxy) is 2. The molecule has 176 valence electrons. The highest BCUT2D eigenvalue weighted by Crippen LogP contribution is 2.42. The zero-order valence-electron chi connectivity index (χ0n) is 19.2. The van der Waals surface area contributed by atoms with E-state index in [-0.39, 0.29) is 30.4 Å². The van der Waals surface area contributed by atoms with E-state index >= 15 is 0 Å². The molecule has 1 aliphatic carbocycles. The molecular formula is C26H31FN2O4. The number of amides is 2. The molecule has 7 heteroatoms. The van der Waals surface area contributed by atoms with E-state index in [2.05, 4.69) is 5.32 Å². The van der Waals surface area contributed by atoms with E-state index in [0.717, 1.165) is 35.5 Å². The Balaban J connectivity index is 1.39. The Hall–Kier alpha value is -3.09. The molecule has 1 unspecified atom stereocenters. The third kappa shape index (κ3) is 4.82. The van der Waals surface area contributed by atoms with E-state index in [4.69, 9.17) is 15.2 Å². The van der Waals surface area contributed by atoms with Gasteiger partial charge in [-0.2, -0.15) is 0 Å². The van der Waals surface area contributed by atoms with Crippen LogP contribution < -0.4 is 20.5 Å². The summed E-state index contributed by atoms with van der Waals surface area (Å²) in [4.78, 5) is 24.0. The van der Waals surface area contributed by atoms with Crippen LogP contribution in [0.1, 0.15) is 61.3 Å². The highest BCUT2D eigenvalue weighted by Gasteiger charge is 2.42. The summed E-state index contributed by atoms with van der Waals surface area (Å²) in [5.41, 5.74) is 7.45. The minimum absolute atomic E-state index is 0.0348. The van der Waals surface area contributed by atoms with Crippen molar-refractivity contribution >= 4 is 11.8 Å². The van der Waals surface area contributed by atoms with Gasteiger partial charge in [0.15, 0.2) is 0 Å². The van der Waals surface area contributed by atoms with Crippen LogP contribution >= 0.6 is 0 Å². The summed E-state index contributed by atoms with van der Waals surface area (Å²) in [6, 6.07) is 10.9. The van der Waals surface area contributed by atoms with Crippen LogP contribution in [0.25, 0.3) is 0 Å². The number of halogens is 1. The fourth-order valence-electron chi connectivity index (χ4n) is 4.99. The standard InChI is InChI=1S/C26H31FN2O4/c1-16-20(4-3-5-21(16)27)23-8-6-17-14-19(7-9-22(17)33-23)32-18-10-12-26(13-11-18,25(28)31)15-24(30)29-2/h3-5,7,9,14,18,23H,6,8,10-13,15H2,1-2H3,(H2,28,31)(H,29,30). The van der Waals surface area contributed by atoms with E-state index in [9.17, 15) is 14.0 Å². The highest BCUT2D eigenvalue weighted by atomic mass is 19.1. The lowest BCUT2D eigenvalue weighted by Crippen LogP contribution is -2.45. The predicted octanol–water partition coefficient (Wildman–Crippen LogP) is 4.13. The number of aryl methyl sites for hydroxylation is 1. The van der Waals surface area contributed by atoms with Crippen LogP contribution in [0.2, 0.25) is 0 Å². The molecule has 1 saturated carbocycles. The van der Waals surface area contributed by atoms with Crippen molar-refractivity contribution in [3.05, 3.63) is 58.9 Å². The van der Waals surface area contributed by atoms with Crippen molar-refractivity contribution in [2.75, 3.05) is 7.05 Å². The molecule has 1 aliphatic heterocycles. The molecule has 0 aromatic heterocycles. The Labute approximate surface area is 193 Å². The Morgan fingerprint density at radius 2 is 1.97 bits per heavy atom. The van der Waals surface area contributed by atoms with Gasteiger partial charge in [0.05, 0.1) is 11.5 Å². The molecule has 3 N–H and O–H groups in total. The maximum atomic E-state index is 14.0. The van der Waals surface area contributed by atoms with Crippen LogP contribution in [0, 0.1) is 18.2 Å². The number of hydrogen-bond donors (Lipinski definition) is 2. The van der Waals surface area contributed by atoms with Crippen molar-refractivity contribution < 1.29 is 23.5 Å². The predicted molar refractivity (Wildman–Crippen MR) is 122 cm³/mol. The number of hydrogen-bond acceptors (Lipinski definition) is 4. The van der Waals surface area contributed by atoms with Gasteiger partial charge in [0.2, 0.25) is 11.8 Å². The minimum Gasteiger partial charge on any atom is -0.490 e. The van der Waals surface area contributed by atoms with Gasteiger partial charge >= 0.3 is 0 Å². The molecule has 2 aromatic carbocycles. The molecule has 0 bridgehead atoms. The van der Waals surface area contributed by atoms with E-state index in [1.165, 1.54) is 6.07 Å². The lowest BCUT2D eigenvalue weighted by atomic mass is 9.70. The first-order valence-electron chi connectivity index (χ1n) is 11.5. The quantitative estimate of drug-likeness (QED) is 0.687. The fourth-order valence-corrected chi connectivity index (χ4v) is 4.99. The number of benzene rings is 2. The molecule has 1 atom stereocenters. The van der Waals surface area contributed by atoms with Gasteiger partial charge in [-0.3, -0.25) is 9.59 Å². The smallest absolute Gasteiger partial charge is 0.224 e. The number of nitrogens with two attached hydrogens (primary N) is 1. The van der Waals surface area contributed by atoms with Gasteiger partial charge in [0.1, 0.15) is 23.4 Å². The van der Waals surface area contributed by atoms with Gasteiger partial charge in [-0.15, -0.1) is 0 Å². The van der Waals surface area contributed by atoms with Crippen LogP contribution in [0.15, 0.2) is 36.4 Å². The van der Waals surface area contributed by atoms with E-state index in [1.807, 2.05) is 24.3 Å². The van der Waals surface area contributed by atoms with E-state index in [1.54, 1.807) is 20.0 Å². The summed E-state index contributed by atoms with van der Waals surface area (Å²) >= 11 is 0. The van der Waals surface area contributed by atoms with Crippen LogP contribution in [-0.4, -0.2) is 25.0 Å². The molecule has 1 fully saturated rings. The van der Waals surface area contributed by atoms with E-state index in [0.29, 0.717) is 31.2 Å². The topological polar surface area (TPSA) is 90.7 Å². The van der Waals surface area contributed by atoms with Crippen molar-refractivity contribution in [2.45, 2.75) is 64.1 Å². The first-order chi connectivity index (χ1) is 15.8. The summed E-state index contributed by atoms with van der Waals surface area (Å²) in [6.45, 7) is 1.78. The summed E-state index contributed by atoms with van der Waals surface area (Å²) in [5.74, 6) is 0.756. The monoisotopic (exact) mass is 454 g/mol.